The monoisotopic (exact) mass is 219 g/mol. The van der Waals surface area contributed by atoms with Crippen LogP contribution in [0.3, 0.4) is 0 Å². The van der Waals surface area contributed by atoms with Crippen LogP contribution in [0.5, 0.6) is 0 Å². The van der Waals surface area contributed by atoms with Gasteiger partial charge in [0.05, 0.1) is 11.6 Å². The SMILES string of the molecule is CCC(C)(C)C(=O)O/N=C\c1ccccc1. The summed E-state index contributed by atoms with van der Waals surface area (Å²) in [7, 11) is 0. The standard InChI is InChI=1S/C13H17NO2/c1-4-13(2,3)12(15)16-14-10-11-8-6-5-7-9-11/h5-10H,4H2,1-3H3/b14-10-. The number of nitrogens with zero attached hydrogens (tertiary/aromatic N) is 1. The first-order chi connectivity index (χ1) is 7.56. The molecule has 0 aliphatic heterocycles. The molecule has 1 aromatic carbocycles. The van der Waals surface area contributed by atoms with Crippen molar-refractivity contribution in [2.75, 3.05) is 0 Å². The Morgan fingerprint density at radius 1 is 1.38 bits per heavy atom. The van der Waals surface area contributed by atoms with E-state index in [2.05, 4.69) is 5.16 Å². The number of oxime groups is 1. The van der Waals surface area contributed by atoms with Crippen LogP contribution in [0.4, 0.5) is 0 Å². The fourth-order valence-electron chi connectivity index (χ4n) is 0.942. The normalized spacial score (nSPS) is 11.7. The van der Waals surface area contributed by atoms with Crippen LogP contribution in [-0.4, -0.2) is 12.2 Å². The maximum absolute atomic E-state index is 11.6. The minimum atomic E-state index is -0.478. The van der Waals surface area contributed by atoms with Gasteiger partial charge in [0.15, 0.2) is 0 Å². The van der Waals surface area contributed by atoms with Crippen molar-refractivity contribution in [2.24, 2.45) is 10.6 Å². The lowest BCUT2D eigenvalue weighted by atomic mass is 9.91. The largest absolute Gasteiger partial charge is 0.340 e. The fourth-order valence-corrected chi connectivity index (χ4v) is 0.942. The third kappa shape index (κ3) is 3.50. The number of carbonyl (C=O) groups excluding carboxylic acids is 1. The van der Waals surface area contributed by atoms with E-state index in [1.807, 2.05) is 51.1 Å². The highest BCUT2D eigenvalue weighted by molar-refractivity contribution is 5.81. The molecule has 0 spiro atoms. The van der Waals surface area contributed by atoms with Crippen molar-refractivity contribution < 1.29 is 9.63 Å². The van der Waals surface area contributed by atoms with Crippen LogP contribution in [0, 0.1) is 5.41 Å². The van der Waals surface area contributed by atoms with Gasteiger partial charge < -0.3 is 4.84 Å². The van der Waals surface area contributed by atoms with Gasteiger partial charge in [0.1, 0.15) is 0 Å². The van der Waals surface area contributed by atoms with E-state index in [0.29, 0.717) is 0 Å². The molecule has 86 valence electrons. The van der Waals surface area contributed by atoms with Gasteiger partial charge in [0.25, 0.3) is 0 Å². The molecule has 0 saturated heterocycles. The van der Waals surface area contributed by atoms with Crippen molar-refractivity contribution >= 4 is 12.2 Å². The molecule has 0 atom stereocenters. The maximum atomic E-state index is 11.6. The molecule has 0 heterocycles. The van der Waals surface area contributed by atoms with Crippen molar-refractivity contribution in [3.8, 4) is 0 Å². The van der Waals surface area contributed by atoms with Crippen LogP contribution in [0.1, 0.15) is 32.8 Å². The third-order valence-electron chi connectivity index (χ3n) is 2.57. The number of rotatable bonds is 4. The molecule has 3 nitrogen and oxygen atoms in total. The lowest BCUT2D eigenvalue weighted by molar-refractivity contribution is -0.154. The Morgan fingerprint density at radius 2 is 2.00 bits per heavy atom. The Kier molecular flexibility index (Phi) is 4.23. The number of hydrogen-bond donors (Lipinski definition) is 0. The van der Waals surface area contributed by atoms with Crippen LogP contribution in [0.2, 0.25) is 0 Å². The first kappa shape index (κ1) is 12.4. The number of carbonyl (C=O) groups is 1. The molecule has 0 saturated carbocycles. The molecule has 0 aromatic heterocycles. The predicted octanol–water partition coefficient (Wildman–Crippen LogP) is 3.00. The zero-order valence-electron chi connectivity index (χ0n) is 9.93. The van der Waals surface area contributed by atoms with Gasteiger partial charge in [-0.15, -0.1) is 0 Å². The molecule has 16 heavy (non-hydrogen) atoms. The quantitative estimate of drug-likeness (QED) is 0.443. The minimum Gasteiger partial charge on any atom is -0.318 e. The lowest BCUT2D eigenvalue weighted by Gasteiger charge is -2.17. The topological polar surface area (TPSA) is 38.7 Å². The Balaban J connectivity index is 2.53. The van der Waals surface area contributed by atoms with Crippen molar-refractivity contribution in [3.63, 3.8) is 0 Å². The van der Waals surface area contributed by atoms with Gasteiger partial charge in [-0.3, -0.25) is 0 Å². The Labute approximate surface area is 96.1 Å². The van der Waals surface area contributed by atoms with Gasteiger partial charge in [-0.05, 0) is 25.8 Å². The molecular formula is C13H17NO2. The number of hydrogen-bond acceptors (Lipinski definition) is 3. The minimum absolute atomic E-state index is 0.304. The van der Waals surface area contributed by atoms with Gasteiger partial charge in [-0.2, -0.15) is 0 Å². The highest BCUT2D eigenvalue weighted by atomic mass is 16.7. The van der Waals surface area contributed by atoms with Gasteiger partial charge in [-0.1, -0.05) is 42.4 Å². The maximum Gasteiger partial charge on any atom is 0.340 e. The second-order valence-corrected chi connectivity index (χ2v) is 4.26. The lowest BCUT2D eigenvalue weighted by Crippen LogP contribution is -2.24. The molecule has 0 amide bonds. The van der Waals surface area contributed by atoms with E-state index >= 15 is 0 Å². The summed E-state index contributed by atoms with van der Waals surface area (Å²) in [5, 5.41) is 3.68. The molecule has 0 radical (unpaired) electrons. The molecule has 3 heteroatoms. The summed E-state index contributed by atoms with van der Waals surface area (Å²) in [6.07, 6.45) is 2.26. The molecule has 0 aliphatic rings. The van der Waals surface area contributed by atoms with Crippen LogP contribution in [0.15, 0.2) is 35.5 Å². The van der Waals surface area contributed by atoms with Gasteiger partial charge >= 0.3 is 5.97 Å². The van der Waals surface area contributed by atoms with E-state index < -0.39 is 5.41 Å². The summed E-state index contributed by atoms with van der Waals surface area (Å²) in [4.78, 5) is 16.4. The van der Waals surface area contributed by atoms with Crippen molar-refractivity contribution in [1.29, 1.82) is 0 Å². The van der Waals surface area contributed by atoms with Crippen molar-refractivity contribution in [2.45, 2.75) is 27.2 Å². The summed E-state index contributed by atoms with van der Waals surface area (Å²) in [6, 6.07) is 9.51. The van der Waals surface area contributed by atoms with Crippen LogP contribution >= 0.6 is 0 Å². The first-order valence-corrected chi connectivity index (χ1v) is 5.36. The van der Waals surface area contributed by atoms with Gasteiger partial charge in [0.2, 0.25) is 0 Å². The molecule has 0 bridgehead atoms. The third-order valence-corrected chi connectivity index (χ3v) is 2.57. The summed E-state index contributed by atoms with van der Waals surface area (Å²) in [5.74, 6) is -0.304. The second-order valence-electron chi connectivity index (χ2n) is 4.26. The molecule has 0 unspecified atom stereocenters. The molecule has 0 N–H and O–H groups in total. The Bertz CT molecular complexity index is 369. The molecule has 0 aliphatic carbocycles. The Morgan fingerprint density at radius 3 is 2.56 bits per heavy atom. The summed E-state index contributed by atoms with van der Waals surface area (Å²) >= 11 is 0. The zero-order chi connectivity index (χ0) is 12.0. The van der Waals surface area contributed by atoms with E-state index in [1.165, 1.54) is 6.21 Å². The first-order valence-electron chi connectivity index (χ1n) is 5.36. The summed E-state index contributed by atoms with van der Waals surface area (Å²) in [6.45, 7) is 5.63. The van der Waals surface area contributed by atoms with Crippen molar-refractivity contribution in [1.82, 2.24) is 0 Å². The average molecular weight is 219 g/mol. The predicted molar refractivity (Wildman–Crippen MR) is 64.2 cm³/mol. The van der Waals surface area contributed by atoms with E-state index in [4.69, 9.17) is 4.84 Å². The zero-order valence-corrected chi connectivity index (χ0v) is 9.93. The smallest absolute Gasteiger partial charge is 0.318 e. The van der Waals surface area contributed by atoms with Crippen LogP contribution < -0.4 is 0 Å². The second kappa shape index (κ2) is 5.45. The van der Waals surface area contributed by atoms with Crippen LogP contribution in [0.25, 0.3) is 0 Å². The molecule has 1 aromatic rings. The van der Waals surface area contributed by atoms with Crippen molar-refractivity contribution in [3.05, 3.63) is 35.9 Å². The summed E-state index contributed by atoms with van der Waals surface area (Å²) < 4.78 is 0. The van der Waals surface area contributed by atoms with E-state index in [0.717, 1.165) is 12.0 Å². The number of benzene rings is 1. The van der Waals surface area contributed by atoms with E-state index in [1.54, 1.807) is 0 Å². The van der Waals surface area contributed by atoms with Gasteiger partial charge in [-0.25, -0.2) is 4.79 Å². The molecule has 0 fully saturated rings. The Hall–Kier alpha value is -1.64. The molecular weight excluding hydrogens is 202 g/mol. The summed E-state index contributed by atoms with van der Waals surface area (Å²) in [5.41, 5.74) is 0.429. The van der Waals surface area contributed by atoms with E-state index in [-0.39, 0.29) is 5.97 Å². The highest BCUT2D eigenvalue weighted by Crippen LogP contribution is 2.21. The van der Waals surface area contributed by atoms with E-state index in [9.17, 15) is 4.79 Å². The van der Waals surface area contributed by atoms with Gasteiger partial charge in [0, 0.05) is 0 Å². The highest BCUT2D eigenvalue weighted by Gasteiger charge is 2.27. The average Bonchev–Trinajstić information content (AvgIpc) is 2.30. The fraction of sp³-hybridized carbons (Fsp3) is 0.385. The molecule has 1 rings (SSSR count). The van der Waals surface area contributed by atoms with Crippen LogP contribution in [-0.2, 0) is 9.63 Å².